The molecule has 2 amide bonds. The second-order valence-electron chi connectivity index (χ2n) is 12.8. The van der Waals surface area contributed by atoms with E-state index in [9.17, 15) is 9.59 Å². The van der Waals surface area contributed by atoms with Gasteiger partial charge in [-0.25, -0.2) is 14.8 Å². The highest BCUT2D eigenvalue weighted by Crippen LogP contribution is 2.22. The van der Waals surface area contributed by atoms with E-state index >= 15 is 0 Å². The van der Waals surface area contributed by atoms with Crippen molar-refractivity contribution in [3.05, 3.63) is 113 Å². The molecule has 2 aromatic carbocycles. The van der Waals surface area contributed by atoms with Gasteiger partial charge in [-0.3, -0.25) is 4.79 Å². The number of benzene rings is 2. The van der Waals surface area contributed by atoms with Crippen LogP contribution >= 0.6 is 0 Å². The normalized spacial score (nSPS) is 11.4. The summed E-state index contributed by atoms with van der Waals surface area (Å²) in [5, 5.41) is 3.70. The summed E-state index contributed by atoms with van der Waals surface area (Å²) in [5.41, 5.74) is 5.31. The number of fused-ring (bicyclic) bond motifs is 1. The van der Waals surface area contributed by atoms with Crippen molar-refractivity contribution in [3.8, 4) is 11.6 Å². The van der Waals surface area contributed by atoms with Crippen molar-refractivity contribution in [1.82, 2.24) is 19.4 Å². The highest BCUT2D eigenvalue weighted by Gasteiger charge is 2.22. The van der Waals surface area contributed by atoms with Crippen molar-refractivity contribution in [3.63, 3.8) is 0 Å². The number of aromatic nitrogens is 3. The van der Waals surface area contributed by atoms with Crippen molar-refractivity contribution in [2.24, 2.45) is 0 Å². The molecule has 0 fully saturated rings. The number of rotatable bonds is 11. The molecule has 0 radical (unpaired) electrons. The molecule has 1 N–H and O–H groups in total. The summed E-state index contributed by atoms with van der Waals surface area (Å²) in [6.45, 7) is 12.5. The number of pyridine rings is 2. The van der Waals surface area contributed by atoms with E-state index in [1.54, 1.807) is 11.0 Å². The Hall–Kier alpha value is -5.18. The van der Waals surface area contributed by atoms with E-state index in [1.165, 1.54) is 6.92 Å². The van der Waals surface area contributed by atoms with Crippen LogP contribution in [0.2, 0.25) is 0 Å². The Balaban J connectivity index is 1.24. The van der Waals surface area contributed by atoms with E-state index in [2.05, 4.69) is 40.8 Å². The van der Waals surface area contributed by atoms with E-state index in [4.69, 9.17) is 14.5 Å². The summed E-state index contributed by atoms with van der Waals surface area (Å²) in [5.74, 6) is 1.94. The van der Waals surface area contributed by atoms with Gasteiger partial charge in [0, 0.05) is 42.5 Å². The predicted octanol–water partition coefficient (Wildman–Crippen LogP) is 7.94. The number of ether oxygens (including phenoxy) is 2. The topological polar surface area (TPSA) is 98.6 Å². The Labute approximate surface area is 276 Å². The van der Waals surface area contributed by atoms with E-state index in [1.807, 2.05) is 87.5 Å². The molecule has 0 spiro atoms. The largest absolute Gasteiger partial charge is 0.489 e. The number of amides is 2. The smallest absolute Gasteiger partial charge is 0.410 e. The van der Waals surface area contributed by atoms with Gasteiger partial charge < -0.3 is 24.3 Å². The molecule has 0 unspecified atom stereocenters. The third-order valence-corrected chi connectivity index (χ3v) is 7.54. The molecular formula is C38H43N5O4. The highest BCUT2D eigenvalue weighted by atomic mass is 16.6. The molecule has 5 rings (SSSR count). The summed E-state index contributed by atoms with van der Waals surface area (Å²) in [6.07, 6.45) is 1.10. The third kappa shape index (κ3) is 9.19. The lowest BCUT2D eigenvalue weighted by atomic mass is 10.1. The Morgan fingerprint density at radius 1 is 0.872 bits per heavy atom. The van der Waals surface area contributed by atoms with Crippen molar-refractivity contribution in [2.75, 3.05) is 11.9 Å². The van der Waals surface area contributed by atoms with Crippen LogP contribution in [-0.2, 0) is 29.1 Å². The fourth-order valence-electron chi connectivity index (χ4n) is 5.40. The maximum absolute atomic E-state index is 13.3. The van der Waals surface area contributed by atoms with Crippen LogP contribution in [0.3, 0.4) is 0 Å². The van der Waals surface area contributed by atoms with Crippen LogP contribution < -0.4 is 10.1 Å². The molecule has 3 aromatic heterocycles. The fourth-order valence-corrected chi connectivity index (χ4v) is 5.40. The quantitative estimate of drug-likeness (QED) is 0.159. The SMILES string of the molecule is CC(=O)Nc1ccc2ccc(COc3cccc(CN(CCCc4cccc(-n5c(C)ccc5C)n4)C(=O)OC(C)(C)C)c3)cc2n1. The van der Waals surface area contributed by atoms with E-state index in [0.717, 1.165) is 57.8 Å². The van der Waals surface area contributed by atoms with Crippen LogP contribution in [0.1, 0.15) is 62.3 Å². The van der Waals surface area contributed by atoms with Crippen molar-refractivity contribution in [1.29, 1.82) is 0 Å². The van der Waals surface area contributed by atoms with Gasteiger partial charge in [0.1, 0.15) is 29.6 Å². The first-order valence-corrected chi connectivity index (χ1v) is 15.9. The van der Waals surface area contributed by atoms with Gasteiger partial charge in [0.15, 0.2) is 0 Å². The molecule has 0 aliphatic rings. The summed E-state index contributed by atoms with van der Waals surface area (Å²) in [6, 6.07) is 27.7. The summed E-state index contributed by atoms with van der Waals surface area (Å²) < 4.78 is 14.1. The van der Waals surface area contributed by atoms with Crippen LogP contribution in [0.5, 0.6) is 5.75 Å². The summed E-state index contributed by atoms with van der Waals surface area (Å²) in [7, 11) is 0. The van der Waals surface area contributed by atoms with Gasteiger partial charge in [0.2, 0.25) is 5.91 Å². The molecule has 9 heteroatoms. The number of carbonyl (C=O) groups is 2. The van der Waals surface area contributed by atoms with Crippen molar-refractivity contribution >= 4 is 28.7 Å². The molecule has 0 aliphatic carbocycles. The Bertz CT molecular complexity index is 1850. The average molecular weight is 634 g/mol. The zero-order valence-corrected chi connectivity index (χ0v) is 28.0. The fraction of sp³-hybridized carbons (Fsp3) is 0.316. The minimum atomic E-state index is -0.611. The number of hydrogen-bond donors (Lipinski definition) is 1. The minimum absolute atomic E-state index is 0.165. The lowest BCUT2D eigenvalue weighted by molar-refractivity contribution is -0.114. The lowest BCUT2D eigenvalue weighted by Gasteiger charge is -2.27. The molecule has 47 heavy (non-hydrogen) atoms. The van der Waals surface area contributed by atoms with Gasteiger partial charge in [-0.2, -0.15) is 0 Å². The zero-order valence-electron chi connectivity index (χ0n) is 28.0. The van der Waals surface area contributed by atoms with Gasteiger partial charge in [0.05, 0.1) is 5.52 Å². The monoisotopic (exact) mass is 633 g/mol. The zero-order chi connectivity index (χ0) is 33.6. The molecule has 0 saturated carbocycles. The summed E-state index contributed by atoms with van der Waals surface area (Å²) in [4.78, 5) is 35.9. The number of aryl methyl sites for hydroxylation is 3. The molecule has 5 aromatic rings. The first-order chi connectivity index (χ1) is 22.4. The second-order valence-corrected chi connectivity index (χ2v) is 12.8. The van der Waals surface area contributed by atoms with Crippen LogP contribution in [0.4, 0.5) is 10.6 Å². The van der Waals surface area contributed by atoms with Gasteiger partial charge in [0.25, 0.3) is 0 Å². The lowest BCUT2D eigenvalue weighted by Crippen LogP contribution is -2.37. The number of carbonyl (C=O) groups excluding carboxylic acids is 2. The molecule has 0 atom stereocenters. The first kappa shape index (κ1) is 33.2. The Morgan fingerprint density at radius 3 is 2.36 bits per heavy atom. The Morgan fingerprint density at radius 2 is 1.62 bits per heavy atom. The number of hydrogen-bond acceptors (Lipinski definition) is 6. The molecule has 244 valence electrons. The number of anilines is 1. The Kier molecular flexibility index (Phi) is 10.2. The maximum Gasteiger partial charge on any atom is 0.410 e. The molecule has 0 aliphatic heterocycles. The number of nitrogens with one attached hydrogen (secondary N) is 1. The standard InChI is InChI=1S/C38H43N5O4/c1-26-15-16-27(2)43(26)36-14-8-11-32(40-36)12-9-21-42(37(45)47-38(4,5)6)24-29-10-7-13-33(22-29)46-25-30-17-18-31-19-20-35(39-28(3)44)41-34(31)23-30/h7-8,10-11,13-20,22-23H,9,12,21,24-25H2,1-6H3,(H,39,41,44). The van der Waals surface area contributed by atoms with Crippen LogP contribution in [0.25, 0.3) is 16.7 Å². The molecule has 3 heterocycles. The van der Waals surface area contributed by atoms with Crippen LogP contribution in [-0.4, -0.2) is 43.6 Å². The van der Waals surface area contributed by atoms with Gasteiger partial charge in [-0.1, -0.05) is 30.3 Å². The van der Waals surface area contributed by atoms with Gasteiger partial charge in [-0.15, -0.1) is 0 Å². The predicted molar refractivity (Wildman–Crippen MR) is 185 cm³/mol. The highest BCUT2D eigenvalue weighted by molar-refractivity contribution is 5.89. The van der Waals surface area contributed by atoms with Crippen LogP contribution in [0.15, 0.2) is 84.9 Å². The van der Waals surface area contributed by atoms with E-state index < -0.39 is 5.60 Å². The third-order valence-electron chi connectivity index (χ3n) is 7.54. The van der Waals surface area contributed by atoms with E-state index in [-0.39, 0.29) is 12.0 Å². The molecular weight excluding hydrogens is 590 g/mol. The molecule has 0 saturated heterocycles. The van der Waals surface area contributed by atoms with E-state index in [0.29, 0.717) is 31.3 Å². The van der Waals surface area contributed by atoms with Gasteiger partial charge >= 0.3 is 6.09 Å². The minimum Gasteiger partial charge on any atom is -0.489 e. The summed E-state index contributed by atoms with van der Waals surface area (Å²) >= 11 is 0. The van der Waals surface area contributed by atoms with Crippen molar-refractivity contribution < 1.29 is 19.1 Å². The average Bonchev–Trinajstić information content (AvgIpc) is 3.35. The maximum atomic E-state index is 13.3. The number of nitrogens with zero attached hydrogens (tertiary/aromatic N) is 4. The van der Waals surface area contributed by atoms with Crippen molar-refractivity contribution in [2.45, 2.75) is 73.1 Å². The molecule has 0 bridgehead atoms. The van der Waals surface area contributed by atoms with Crippen LogP contribution in [0, 0.1) is 13.8 Å². The van der Waals surface area contributed by atoms with Gasteiger partial charge in [-0.05, 0) is 113 Å². The first-order valence-electron chi connectivity index (χ1n) is 15.9. The molecule has 9 nitrogen and oxygen atoms in total. The second kappa shape index (κ2) is 14.5.